The summed E-state index contributed by atoms with van der Waals surface area (Å²) in [6, 6.07) is 25.1. The summed E-state index contributed by atoms with van der Waals surface area (Å²) in [5.41, 5.74) is 6.61. The Balaban J connectivity index is 0.924. The number of imidazole rings is 1. The number of amides is 2. The van der Waals surface area contributed by atoms with Gasteiger partial charge < -0.3 is 24.3 Å². The van der Waals surface area contributed by atoms with Gasteiger partial charge in [-0.1, -0.05) is 66.0 Å². The summed E-state index contributed by atoms with van der Waals surface area (Å²) in [6.07, 6.45) is 5.31. The molecule has 282 valence electrons. The predicted octanol–water partition coefficient (Wildman–Crippen LogP) is 6.38. The van der Waals surface area contributed by atoms with Crippen LogP contribution in [0.5, 0.6) is 0 Å². The summed E-state index contributed by atoms with van der Waals surface area (Å²) in [4.78, 5) is 34.7. The maximum Gasteiger partial charge on any atom is 0.234 e. The molecule has 0 aliphatic heterocycles. The van der Waals surface area contributed by atoms with E-state index in [-0.39, 0.29) is 23.3 Å². The highest BCUT2D eigenvalue weighted by Gasteiger charge is 2.20. The second-order valence-electron chi connectivity index (χ2n) is 12.8. The number of thioether (sulfide) groups is 2. The average Bonchev–Trinajstić information content (AvgIpc) is 4.02. The maximum atomic E-state index is 13.2. The number of aromatic nitrogens is 11. The molecule has 0 saturated carbocycles. The largest absolute Gasteiger partial charge is 0.325 e. The molecule has 0 fully saturated rings. The molecular formula is C39H37N13O2S2. The Labute approximate surface area is 330 Å². The molecule has 2 N–H and O–H groups in total. The van der Waals surface area contributed by atoms with Gasteiger partial charge in [0.2, 0.25) is 11.8 Å². The molecule has 0 saturated heterocycles. The van der Waals surface area contributed by atoms with Crippen molar-refractivity contribution in [3.05, 3.63) is 103 Å². The summed E-state index contributed by atoms with van der Waals surface area (Å²) in [5, 5.41) is 30.8. The smallest absolute Gasteiger partial charge is 0.234 e. The fourth-order valence-corrected chi connectivity index (χ4v) is 8.09. The van der Waals surface area contributed by atoms with Crippen LogP contribution in [0.1, 0.15) is 19.4 Å². The molecule has 17 heteroatoms. The Hall–Kier alpha value is -6.33. The molecule has 56 heavy (non-hydrogen) atoms. The molecule has 8 rings (SSSR count). The van der Waals surface area contributed by atoms with Crippen LogP contribution in [0.15, 0.2) is 108 Å². The zero-order valence-corrected chi connectivity index (χ0v) is 32.5. The summed E-state index contributed by atoms with van der Waals surface area (Å²) < 4.78 is 7.80. The molecule has 0 radical (unpaired) electrons. The number of nitrogens with one attached hydrogen (secondary N) is 2. The molecule has 8 aromatic rings. The molecular weight excluding hydrogens is 747 g/mol. The van der Waals surface area contributed by atoms with Gasteiger partial charge in [-0.25, -0.2) is 9.97 Å². The van der Waals surface area contributed by atoms with Crippen LogP contribution < -0.4 is 10.6 Å². The lowest BCUT2D eigenvalue weighted by Gasteiger charge is -2.10. The fraction of sp³-hybridized carbons (Fsp3) is 0.205. The van der Waals surface area contributed by atoms with Crippen molar-refractivity contribution in [2.45, 2.75) is 43.8 Å². The summed E-state index contributed by atoms with van der Waals surface area (Å²) in [6.45, 7) is 5.80. The van der Waals surface area contributed by atoms with E-state index >= 15 is 0 Å². The highest BCUT2D eigenvalue weighted by Crippen LogP contribution is 2.31. The van der Waals surface area contributed by atoms with Crippen LogP contribution in [0.3, 0.4) is 0 Å². The van der Waals surface area contributed by atoms with E-state index in [1.54, 1.807) is 12.5 Å². The number of fused-ring (bicyclic) bond motifs is 2. The van der Waals surface area contributed by atoms with E-state index in [0.717, 1.165) is 44.4 Å². The molecule has 5 heterocycles. The van der Waals surface area contributed by atoms with Crippen LogP contribution in [0.25, 0.3) is 44.8 Å². The van der Waals surface area contributed by atoms with Gasteiger partial charge in [0.05, 0.1) is 41.7 Å². The van der Waals surface area contributed by atoms with Gasteiger partial charge >= 0.3 is 0 Å². The summed E-state index contributed by atoms with van der Waals surface area (Å²) in [7, 11) is 1.90. The second-order valence-corrected chi connectivity index (χ2v) is 14.7. The number of aryl methyl sites for hydroxylation is 1. The quantitative estimate of drug-likeness (QED) is 0.117. The number of carbonyl (C=O) groups is 2. The van der Waals surface area contributed by atoms with Crippen molar-refractivity contribution in [1.29, 1.82) is 0 Å². The highest BCUT2D eigenvalue weighted by atomic mass is 32.2. The predicted molar refractivity (Wildman–Crippen MR) is 218 cm³/mol. The van der Waals surface area contributed by atoms with Crippen molar-refractivity contribution in [2.75, 3.05) is 22.1 Å². The van der Waals surface area contributed by atoms with Crippen LogP contribution in [-0.4, -0.2) is 77.2 Å². The molecule has 0 bridgehead atoms. The highest BCUT2D eigenvalue weighted by molar-refractivity contribution is 8.00. The van der Waals surface area contributed by atoms with E-state index in [9.17, 15) is 9.59 Å². The van der Waals surface area contributed by atoms with Crippen LogP contribution in [0.2, 0.25) is 0 Å². The molecule has 2 amide bonds. The number of para-hydroxylation sites is 1. The zero-order chi connectivity index (χ0) is 38.6. The van der Waals surface area contributed by atoms with Crippen molar-refractivity contribution >= 4 is 68.8 Å². The first-order valence-electron chi connectivity index (χ1n) is 18.0. The minimum Gasteiger partial charge on any atom is -0.325 e. The van der Waals surface area contributed by atoms with Gasteiger partial charge in [-0.15, -0.1) is 20.4 Å². The van der Waals surface area contributed by atoms with Crippen molar-refractivity contribution < 1.29 is 9.59 Å². The number of hydrogen-bond acceptors (Lipinski definition) is 11. The van der Waals surface area contributed by atoms with Crippen LogP contribution >= 0.6 is 23.5 Å². The first kappa shape index (κ1) is 36.6. The Kier molecular flexibility index (Phi) is 10.6. The molecule has 5 aromatic heterocycles. The molecule has 15 nitrogen and oxygen atoms in total. The fourth-order valence-electron chi connectivity index (χ4n) is 6.49. The van der Waals surface area contributed by atoms with E-state index in [0.29, 0.717) is 47.3 Å². The molecule has 0 unspecified atom stereocenters. The molecule has 3 aromatic carbocycles. The summed E-state index contributed by atoms with van der Waals surface area (Å²) >= 11 is 2.68. The maximum absolute atomic E-state index is 13.2. The third-order valence-corrected chi connectivity index (χ3v) is 11.0. The van der Waals surface area contributed by atoms with Crippen molar-refractivity contribution in [3.8, 4) is 22.8 Å². The Morgan fingerprint density at radius 3 is 2.09 bits per heavy atom. The minimum absolute atomic E-state index is 0.111. The number of rotatable bonds is 14. The third-order valence-electron chi connectivity index (χ3n) is 9.10. The van der Waals surface area contributed by atoms with E-state index in [1.807, 2.05) is 124 Å². The van der Waals surface area contributed by atoms with E-state index in [1.165, 1.54) is 23.5 Å². The van der Waals surface area contributed by atoms with Crippen molar-refractivity contribution in [3.63, 3.8) is 0 Å². The lowest BCUT2D eigenvalue weighted by Crippen LogP contribution is -2.15. The van der Waals surface area contributed by atoms with Gasteiger partial charge in [0, 0.05) is 48.7 Å². The van der Waals surface area contributed by atoms with Crippen molar-refractivity contribution in [2.24, 2.45) is 7.05 Å². The average molecular weight is 784 g/mol. The minimum atomic E-state index is -0.154. The first-order chi connectivity index (χ1) is 27.4. The molecule has 0 spiro atoms. The number of hydrogen-bond donors (Lipinski definition) is 2. The second kappa shape index (κ2) is 16.2. The molecule has 0 atom stereocenters. The topological polar surface area (TPSA) is 168 Å². The number of benzene rings is 3. The van der Waals surface area contributed by atoms with Gasteiger partial charge in [-0.3, -0.25) is 14.3 Å². The van der Waals surface area contributed by atoms with Crippen molar-refractivity contribution in [1.82, 2.24) is 53.8 Å². The zero-order valence-electron chi connectivity index (χ0n) is 30.8. The normalized spacial score (nSPS) is 11.4. The van der Waals surface area contributed by atoms with Gasteiger partial charge in [0.25, 0.3) is 0 Å². The number of carbonyl (C=O) groups excluding carboxylic acids is 2. The van der Waals surface area contributed by atoms with E-state index < -0.39 is 0 Å². The van der Waals surface area contributed by atoms with Gasteiger partial charge in [-0.05, 0) is 55.8 Å². The lowest BCUT2D eigenvalue weighted by atomic mass is 10.1. The Morgan fingerprint density at radius 1 is 0.714 bits per heavy atom. The van der Waals surface area contributed by atoms with E-state index in [4.69, 9.17) is 5.10 Å². The third kappa shape index (κ3) is 7.50. The molecule has 0 aliphatic rings. The van der Waals surface area contributed by atoms with Crippen LogP contribution in [0, 0.1) is 0 Å². The van der Waals surface area contributed by atoms with Gasteiger partial charge in [-0.2, -0.15) is 5.10 Å². The van der Waals surface area contributed by atoms with Crippen LogP contribution in [-0.2, 0) is 36.3 Å². The lowest BCUT2D eigenvalue weighted by molar-refractivity contribution is -0.114. The monoisotopic (exact) mass is 783 g/mol. The Bertz CT molecular complexity index is 2680. The SMILES string of the molecule is CCn1c(SCC(=O)Nc2ccccc2)nnc1-c1cccc2c1cnn2Cc1cccc(NC(=O)CSc2nnc(-c3ccnc4c3ncn4C)n2CC)c1. The van der Waals surface area contributed by atoms with Gasteiger partial charge in [0.15, 0.2) is 27.6 Å². The Morgan fingerprint density at radius 2 is 1.38 bits per heavy atom. The molecule has 0 aliphatic carbocycles. The van der Waals surface area contributed by atoms with Crippen LogP contribution in [0.4, 0.5) is 11.4 Å². The first-order valence-corrected chi connectivity index (χ1v) is 19.9. The van der Waals surface area contributed by atoms with E-state index in [2.05, 4.69) is 41.0 Å². The standard InChI is InChI=1S/C39H37N13O2S2/c1-4-50-35(45-47-38(50)55-22-32(53)43-26-12-7-6-8-13-26)28-15-10-16-31-30(28)20-42-52(31)21-25-11-9-14-27(19-25)44-33(54)23-56-39-48-46-36(51(39)5-2)29-17-18-40-37-34(29)41-24-49(37)3/h6-20,24H,4-5,21-23H2,1-3H3,(H,43,53)(H,44,54). The number of pyridine rings is 1. The summed E-state index contributed by atoms with van der Waals surface area (Å²) in [5.74, 6) is 1.50. The van der Waals surface area contributed by atoms with Gasteiger partial charge in [0.1, 0.15) is 5.52 Å². The number of anilines is 2. The number of nitrogens with zero attached hydrogens (tertiary/aromatic N) is 11.